The molecule has 0 bridgehead atoms. The van der Waals surface area contributed by atoms with Crippen molar-refractivity contribution >= 4 is 11.9 Å². The molecule has 132 valence electrons. The highest BCUT2D eigenvalue weighted by molar-refractivity contribution is 5.92. The van der Waals surface area contributed by atoms with E-state index in [0.29, 0.717) is 18.7 Å². The van der Waals surface area contributed by atoms with E-state index in [1.807, 2.05) is 30.3 Å². The Morgan fingerprint density at radius 3 is 2.44 bits per heavy atom. The number of esters is 1. The molecule has 25 heavy (non-hydrogen) atoms. The number of rotatable bonds is 9. The average molecular weight is 341 g/mol. The number of carbonyl (C=O) groups is 2. The van der Waals surface area contributed by atoms with Gasteiger partial charge in [0.05, 0.1) is 12.2 Å². The van der Waals surface area contributed by atoms with Crippen molar-refractivity contribution in [3.63, 3.8) is 0 Å². The van der Waals surface area contributed by atoms with Gasteiger partial charge < -0.3 is 14.8 Å². The van der Waals surface area contributed by atoms with Gasteiger partial charge in [-0.1, -0.05) is 48.5 Å². The van der Waals surface area contributed by atoms with Crippen LogP contribution in [0.25, 0.3) is 0 Å². The van der Waals surface area contributed by atoms with E-state index in [9.17, 15) is 9.59 Å². The molecule has 0 aromatic heterocycles. The van der Waals surface area contributed by atoms with Gasteiger partial charge in [-0.2, -0.15) is 0 Å². The van der Waals surface area contributed by atoms with E-state index in [2.05, 4.69) is 17.4 Å². The second-order valence-corrected chi connectivity index (χ2v) is 5.56. The average Bonchev–Trinajstić information content (AvgIpc) is 2.66. The molecular formula is C20H23NO4. The molecule has 0 aliphatic heterocycles. The minimum absolute atomic E-state index is 0.296. The third-order valence-electron chi connectivity index (χ3n) is 3.73. The summed E-state index contributed by atoms with van der Waals surface area (Å²) in [6.07, 6.45) is 1.57. The normalized spacial score (nSPS) is 10.3. The summed E-state index contributed by atoms with van der Waals surface area (Å²) in [7, 11) is 1.55. The predicted molar refractivity (Wildman–Crippen MR) is 95.5 cm³/mol. The van der Waals surface area contributed by atoms with Crippen LogP contribution in [-0.4, -0.2) is 38.7 Å². The lowest BCUT2D eigenvalue weighted by molar-refractivity contribution is -0.124. The molecule has 5 heteroatoms. The van der Waals surface area contributed by atoms with Gasteiger partial charge in [-0.3, -0.25) is 4.79 Å². The van der Waals surface area contributed by atoms with E-state index < -0.39 is 5.97 Å². The highest BCUT2D eigenvalue weighted by atomic mass is 16.5. The quantitative estimate of drug-likeness (QED) is 0.562. The molecule has 0 spiro atoms. The molecule has 0 aliphatic carbocycles. The molecule has 1 N–H and O–H groups in total. The first-order valence-corrected chi connectivity index (χ1v) is 8.25. The molecule has 2 rings (SSSR count). The maximum Gasteiger partial charge on any atom is 0.338 e. The fourth-order valence-corrected chi connectivity index (χ4v) is 2.41. The van der Waals surface area contributed by atoms with Gasteiger partial charge in [0.25, 0.3) is 5.91 Å². The van der Waals surface area contributed by atoms with E-state index in [1.165, 1.54) is 5.56 Å². The van der Waals surface area contributed by atoms with Crippen molar-refractivity contribution in [2.45, 2.75) is 12.8 Å². The summed E-state index contributed by atoms with van der Waals surface area (Å²) in [5.74, 6) is -0.822. The summed E-state index contributed by atoms with van der Waals surface area (Å²) in [5, 5.41) is 2.61. The van der Waals surface area contributed by atoms with Gasteiger partial charge in [-0.15, -0.1) is 0 Å². The fourth-order valence-electron chi connectivity index (χ4n) is 2.41. The van der Waals surface area contributed by atoms with Crippen molar-refractivity contribution in [2.75, 3.05) is 26.9 Å². The maximum atomic E-state index is 12.3. The largest absolute Gasteiger partial charge is 0.452 e. The van der Waals surface area contributed by atoms with Crippen LogP contribution in [0, 0.1) is 0 Å². The number of hydrogen-bond donors (Lipinski definition) is 1. The third-order valence-corrected chi connectivity index (χ3v) is 3.73. The van der Waals surface area contributed by atoms with Gasteiger partial charge in [-0.25, -0.2) is 4.79 Å². The third kappa shape index (κ3) is 6.39. The second-order valence-electron chi connectivity index (χ2n) is 5.56. The van der Waals surface area contributed by atoms with E-state index >= 15 is 0 Å². The van der Waals surface area contributed by atoms with Crippen LogP contribution in [0.3, 0.4) is 0 Å². The van der Waals surface area contributed by atoms with Crippen LogP contribution < -0.4 is 5.32 Å². The molecule has 5 nitrogen and oxygen atoms in total. The molecule has 0 fully saturated rings. The Hall–Kier alpha value is -2.66. The first kappa shape index (κ1) is 18.7. The highest BCUT2D eigenvalue weighted by Gasteiger charge is 2.14. The van der Waals surface area contributed by atoms with E-state index in [-0.39, 0.29) is 12.5 Å². The molecule has 2 aromatic carbocycles. The number of amides is 1. The van der Waals surface area contributed by atoms with Crippen LogP contribution in [-0.2, 0) is 27.1 Å². The minimum Gasteiger partial charge on any atom is -0.452 e. The minimum atomic E-state index is -0.481. The Kier molecular flexibility index (Phi) is 7.66. The Morgan fingerprint density at radius 2 is 1.68 bits per heavy atom. The maximum absolute atomic E-state index is 12.3. The summed E-state index contributed by atoms with van der Waals surface area (Å²) in [6.45, 7) is 0.512. The molecule has 1 amide bonds. The standard InChI is InChI=1S/C20H23NO4/c1-24-14-13-21-19(22)15-25-20(23)18-10-6-5-9-17(18)12-11-16-7-3-2-4-8-16/h2-10H,11-15H2,1H3,(H,21,22). The highest BCUT2D eigenvalue weighted by Crippen LogP contribution is 2.14. The number of nitrogens with one attached hydrogen (secondary N) is 1. The van der Waals surface area contributed by atoms with Gasteiger partial charge in [0, 0.05) is 13.7 Å². The van der Waals surface area contributed by atoms with Crippen molar-refractivity contribution in [1.82, 2.24) is 5.32 Å². The topological polar surface area (TPSA) is 64.6 Å². The van der Waals surface area contributed by atoms with Gasteiger partial charge in [-0.05, 0) is 30.0 Å². The zero-order valence-electron chi connectivity index (χ0n) is 14.4. The molecule has 0 unspecified atom stereocenters. The molecule has 0 saturated heterocycles. The van der Waals surface area contributed by atoms with Crippen molar-refractivity contribution < 1.29 is 19.1 Å². The van der Waals surface area contributed by atoms with Crippen molar-refractivity contribution in [3.05, 3.63) is 71.3 Å². The number of benzene rings is 2. The number of methoxy groups -OCH3 is 1. The zero-order chi connectivity index (χ0) is 17.9. The van der Waals surface area contributed by atoms with Crippen LogP contribution in [0.5, 0.6) is 0 Å². The van der Waals surface area contributed by atoms with Crippen molar-refractivity contribution in [3.8, 4) is 0 Å². The Labute approximate surface area is 148 Å². The van der Waals surface area contributed by atoms with Crippen LogP contribution in [0.2, 0.25) is 0 Å². The van der Waals surface area contributed by atoms with E-state index in [4.69, 9.17) is 9.47 Å². The summed E-state index contributed by atoms with van der Waals surface area (Å²) in [5.41, 5.74) is 2.63. The number of hydrogen-bond acceptors (Lipinski definition) is 4. The first-order valence-electron chi connectivity index (χ1n) is 8.25. The zero-order valence-corrected chi connectivity index (χ0v) is 14.4. The Morgan fingerprint density at radius 1 is 0.960 bits per heavy atom. The van der Waals surface area contributed by atoms with Crippen LogP contribution in [0.1, 0.15) is 21.5 Å². The van der Waals surface area contributed by atoms with Crippen molar-refractivity contribution in [2.24, 2.45) is 0 Å². The summed E-state index contributed by atoms with van der Waals surface area (Å²) >= 11 is 0. The van der Waals surface area contributed by atoms with Crippen LogP contribution in [0.15, 0.2) is 54.6 Å². The van der Waals surface area contributed by atoms with Crippen molar-refractivity contribution in [1.29, 1.82) is 0 Å². The number of ether oxygens (including phenoxy) is 2. The monoisotopic (exact) mass is 341 g/mol. The SMILES string of the molecule is COCCNC(=O)COC(=O)c1ccccc1CCc1ccccc1. The molecule has 0 saturated carbocycles. The molecule has 2 aromatic rings. The van der Waals surface area contributed by atoms with Crippen LogP contribution in [0.4, 0.5) is 0 Å². The molecule has 0 heterocycles. The fraction of sp³-hybridized carbons (Fsp3) is 0.300. The second kappa shape index (κ2) is 10.3. The first-order chi connectivity index (χ1) is 12.2. The van der Waals surface area contributed by atoms with Gasteiger partial charge in [0.2, 0.25) is 0 Å². The van der Waals surface area contributed by atoms with E-state index in [1.54, 1.807) is 19.2 Å². The summed E-state index contributed by atoms with van der Waals surface area (Å²) in [6, 6.07) is 17.4. The Bertz CT molecular complexity index is 685. The van der Waals surface area contributed by atoms with Gasteiger partial charge >= 0.3 is 5.97 Å². The smallest absolute Gasteiger partial charge is 0.338 e. The Balaban J connectivity index is 1.90. The van der Waals surface area contributed by atoms with E-state index in [0.717, 1.165) is 18.4 Å². The molecule has 0 radical (unpaired) electrons. The van der Waals surface area contributed by atoms with Gasteiger partial charge in [0.1, 0.15) is 0 Å². The summed E-state index contributed by atoms with van der Waals surface area (Å²) in [4.78, 5) is 23.9. The molecular weight excluding hydrogens is 318 g/mol. The number of aryl methyl sites for hydroxylation is 2. The van der Waals surface area contributed by atoms with Crippen LogP contribution >= 0.6 is 0 Å². The summed E-state index contributed by atoms with van der Waals surface area (Å²) < 4.78 is 9.97. The predicted octanol–water partition coefficient (Wildman–Crippen LogP) is 2.39. The van der Waals surface area contributed by atoms with Gasteiger partial charge in [0.15, 0.2) is 6.61 Å². The lowest BCUT2D eigenvalue weighted by Crippen LogP contribution is -2.31. The lowest BCUT2D eigenvalue weighted by atomic mass is 10.00. The molecule has 0 atom stereocenters. The molecule has 0 aliphatic rings. The lowest BCUT2D eigenvalue weighted by Gasteiger charge is -2.10. The number of carbonyl (C=O) groups excluding carboxylic acids is 2.